The topological polar surface area (TPSA) is 59.7 Å². The monoisotopic (exact) mass is 334 g/mol. The molecule has 7 heteroatoms. The van der Waals surface area contributed by atoms with E-state index >= 15 is 0 Å². The molecule has 4 rings (SSSR count). The molecule has 0 amide bonds. The summed E-state index contributed by atoms with van der Waals surface area (Å²) in [6.07, 6.45) is 10.7. The molecular formula is C17H14N6S. The van der Waals surface area contributed by atoms with Gasteiger partial charge < -0.3 is 4.90 Å². The quantitative estimate of drug-likeness (QED) is 0.571. The molecule has 0 fully saturated rings. The van der Waals surface area contributed by atoms with E-state index in [4.69, 9.17) is 4.98 Å². The Hall–Kier alpha value is -3.06. The summed E-state index contributed by atoms with van der Waals surface area (Å²) in [7, 11) is 1.98. The largest absolute Gasteiger partial charge is 0.327 e. The van der Waals surface area contributed by atoms with Crippen molar-refractivity contribution in [2.75, 3.05) is 11.9 Å². The first-order chi connectivity index (χ1) is 11.8. The van der Waals surface area contributed by atoms with Gasteiger partial charge in [0.1, 0.15) is 12.1 Å². The number of thiophene rings is 1. The summed E-state index contributed by atoms with van der Waals surface area (Å²) in [4.78, 5) is 20.7. The maximum absolute atomic E-state index is 4.76. The van der Waals surface area contributed by atoms with Gasteiger partial charge in [0.15, 0.2) is 0 Å². The normalized spacial score (nSPS) is 10.7. The minimum atomic E-state index is 0.582. The molecule has 4 heterocycles. The van der Waals surface area contributed by atoms with Gasteiger partial charge >= 0.3 is 0 Å². The Bertz CT molecular complexity index is 919. The van der Waals surface area contributed by atoms with Crippen LogP contribution in [-0.2, 0) is 0 Å². The zero-order valence-electron chi connectivity index (χ0n) is 12.9. The summed E-state index contributed by atoms with van der Waals surface area (Å²) in [5.74, 6) is 1.41. The lowest BCUT2D eigenvalue weighted by atomic mass is 10.2. The van der Waals surface area contributed by atoms with Crippen LogP contribution < -0.4 is 4.90 Å². The molecule has 0 unspecified atom stereocenters. The molecule has 118 valence electrons. The third-order valence-corrected chi connectivity index (χ3v) is 4.53. The molecular weight excluding hydrogens is 320 g/mol. The smallest absolute Gasteiger partial charge is 0.236 e. The van der Waals surface area contributed by atoms with E-state index in [1.54, 1.807) is 34.6 Å². The van der Waals surface area contributed by atoms with Crippen LogP contribution in [0.1, 0.15) is 0 Å². The molecule has 0 aliphatic carbocycles. The van der Waals surface area contributed by atoms with E-state index in [1.165, 1.54) is 0 Å². The highest BCUT2D eigenvalue weighted by atomic mass is 32.1. The van der Waals surface area contributed by atoms with Gasteiger partial charge in [-0.05, 0) is 23.6 Å². The SMILES string of the molecule is CN(c1cccnc1)c1nc(-n2ccnc2)ncc1-c1cccs1. The molecule has 0 bridgehead atoms. The van der Waals surface area contributed by atoms with Gasteiger partial charge in [-0.3, -0.25) is 9.55 Å². The maximum Gasteiger partial charge on any atom is 0.236 e. The van der Waals surface area contributed by atoms with Crippen molar-refractivity contribution in [3.8, 4) is 16.4 Å². The molecule has 6 nitrogen and oxygen atoms in total. The molecule has 24 heavy (non-hydrogen) atoms. The van der Waals surface area contributed by atoms with Crippen LogP contribution in [0.15, 0.2) is 67.0 Å². The molecule has 4 aromatic heterocycles. The zero-order valence-corrected chi connectivity index (χ0v) is 13.8. The number of anilines is 2. The Kier molecular flexibility index (Phi) is 3.76. The Balaban J connectivity index is 1.86. The fourth-order valence-electron chi connectivity index (χ4n) is 2.40. The van der Waals surface area contributed by atoms with E-state index < -0.39 is 0 Å². The van der Waals surface area contributed by atoms with Crippen LogP contribution in [0.25, 0.3) is 16.4 Å². The highest BCUT2D eigenvalue weighted by Gasteiger charge is 2.16. The van der Waals surface area contributed by atoms with Gasteiger partial charge in [0.05, 0.1) is 17.4 Å². The standard InChI is InChI=1S/C17H14N6S/c1-22(13-4-2-6-18-10-13)16-14(15-5-3-9-24-15)11-20-17(21-16)23-8-7-19-12-23/h2-12H,1H3. The van der Waals surface area contributed by atoms with E-state index in [1.807, 2.05) is 54.1 Å². The van der Waals surface area contributed by atoms with Crippen molar-refractivity contribution in [2.24, 2.45) is 0 Å². The van der Waals surface area contributed by atoms with Gasteiger partial charge in [-0.15, -0.1) is 11.3 Å². The van der Waals surface area contributed by atoms with Crippen molar-refractivity contribution < 1.29 is 0 Å². The van der Waals surface area contributed by atoms with Crippen LogP contribution in [0.3, 0.4) is 0 Å². The average molecular weight is 334 g/mol. The summed E-state index contributed by atoms with van der Waals surface area (Å²) >= 11 is 1.66. The van der Waals surface area contributed by atoms with Crippen molar-refractivity contribution in [1.29, 1.82) is 0 Å². The van der Waals surface area contributed by atoms with E-state index in [2.05, 4.69) is 21.0 Å². The van der Waals surface area contributed by atoms with E-state index in [9.17, 15) is 0 Å². The van der Waals surface area contributed by atoms with Crippen molar-refractivity contribution in [1.82, 2.24) is 24.5 Å². The van der Waals surface area contributed by atoms with Gasteiger partial charge in [0.25, 0.3) is 0 Å². The van der Waals surface area contributed by atoms with Crippen molar-refractivity contribution in [2.45, 2.75) is 0 Å². The number of pyridine rings is 1. The Labute approximate surface area is 143 Å². The highest BCUT2D eigenvalue weighted by Crippen LogP contribution is 2.34. The molecule has 4 aromatic rings. The number of nitrogens with zero attached hydrogens (tertiary/aromatic N) is 6. The second-order valence-corrected chi connectivity index (χ2v) is 6.07. The first kappa shape index (κ1) is 14.5. The van der Waals surface area contributed by atoms with Gasteiger partial charge in [0, 0.05) is 36.7 Å². The Morgan fingerprint density at radius 2 is 2.04 bits per heavy atom. The molecule has 0 spiro atoms. The molecule has 0 aromatic carbocycles. The summed E-state index contributed by atoms with van der Waals surface area (Å²) in [5, 5.41) is 2.05. The maximum atomic E-state index is 4.76. The lowest BCUT2D eigenvalue weighted by molar-refractivity contribution is 0.917. The van der Waals surface area contributed by atoms with Crippen LogP contribution in [0, 0.1) is 0 Å². The fraction of sp³-hybridized carbons (Fsp3) is 0.0588. The molecule has 0 saturated heterocycles. The van der Waals surface area contributed by atoms with E-state index in [0.29, 0.717) is 5.95 Å². The summed E-state index contributed by atoms with van der Waals surface area (Å²) in [5.41, 5.74) is 1.95. The number of hydrogen-bond donors (Lipinski definition) is 0. The first-order valence-electron chi connectivity index (χ1n) is 7.36. The molecule has 0 atom stereocenters. The van der Waals surface area contributed by atoms with Crippen molar-refractivity contribution >= 4 is 22.8 Å². The summed E-state index contributed by atoms with van der Waals surface area (Å²) in [6, 6.07) is 8.01. The van der Waals surface area contributed by atoms with Gasteiger partial charge in [-0.2, -0.15) is 4.98 Å². The highest BCUT2D eigenvalue weighted by molar-refractivity contribution is 7.13. The van der Waals surface area contributed by atoms with E-state index in [-0.39, 0.29) is 0 Å². The molecule has 0 N–H and O–H groups in total. The number of rotatable bonds is 4. The minimum Gasteiger partial charge on any atom is -0.327 e. The third-order valence-electron chi connectivity index (χ3n) is 3.63. The van der Waals surface area contributed by atoms with Gasteiger partial charge in [-0.1, -0.05) is 6.07 Å². The third kappa shape index (κ3) is 2.65. The fourth-order valence-corrected chi connectivity index (χ4v) is 3.13. The second-order valence-electron chi connectivity index (χ2n) is 5.12. The molecule has 0 aliphatic rings. The van der Waals surface area contributed by atoms with Gasteiger partial charge in [-0.25, -0.2) is 9.97 Å². The lowest BCUT2D eigenvalue weighted by Crippen LogP contribution is -2.14. The minimum absolute atomic E-state index is 0.582. The second kappa shape index (κ2) is 6.21. The Morgan fingerprint density at radius 3 is 2.75 bits per heavy atom. The number of hydrogen-bond acceptors (Lipinski definition) is 6. The zero-order chi connectivity index (χ0) is 16.4. The lowest BCUT2D eigenvalue weighted by Gasteiger charge is -2.21. The molecule has 0 radical (unpaired) electrons. The van der Waals surface area contributed by atoms with Crippen LogP contribution in [0.2, 0.25) is 0 Å². The summed E-state index contributed by atoms with van der Waals surface area (Å²) in [6.45, 7) is 0. The predicted molar refractivity (Wildman–Crippen MR) is 94.8 cm³/mol. The summed E-state index contributed by atoms with van der Waals surface area (Å²) < 4.78 is 1.79. The van der Waals surface area contributed by atoms with Crippen molar-refractivity contribution in [3.63, 3.8) is 0 Å². The van der Waals surface area contributed by atoms with Crippen LogP contribution in [-0.4, -0.2) is 31.6 Å². The number of imidazole rings is 1. The van der Waals surface area contributed by atoms with Crippen LogP contribution in [0.4, 0.5) is 11.5 Å². The van der Waals surface area contributed by atoms with E-state index in [0.717, 1.165) is 21.9 Å². The molecule has 0 saturated carbocycles. The number of aromatic nitrogens is 5. The molecule has 0 aliphatic heterocycles. The predicted octanol–water partition coefficient (Wildman–Crippen LogP) is 3.55. The van der Waals surface area contributed by atoms with Crippen LogP contribution in [0.5, 0.6) is 0 Å². The Morgan fingerprint density at radius 1 is 1.08 bits per heavy atom. The first-order valence-corrected chi connectivity index (χ1v) is 8.24. The van der Waals surface area contributed by atoms with Gasteiger partial charge in [0.2, 0.25) is 5.95 Å². The van der Waals surface area contributed by atoms with Crippen molar-refractivity contribution in [3.05, 3.63) is 67.0 Å². The van der Waals surface area contributed by atoms with Crippen LogP contribution >= 0.6 is 11.3 Å². The average Bonchev–Trinajstić information content (AvgIpc) is 3.35.